The molecular formula is C12H13BrClNO. The van der Waals surface area contributed by atoms with Gasteiger partial charge in [0.1, 0.15) is 0 Å². The summed E-state index contributed by atoms with van der Waals surface area (Å²) in [5.74, 6) is -0.0894. The molecule has 0 saturated heterocycles. The number of hydrogen-bond acceptors (Lipinski definition) is 1. The average Bonchev–Trinajstić information content (AvgIpc) is 2.19. The lowest BCUT2D eigenvalue weighted by Gasteiger charge is -2.39. The van der Waals surface area contributed by atoms with Crippen LogP contribution in [0.4, 0.5) is 0 Å². The first-order valence-electron chi connectivity index (χ1n) is 5.28. The summed E-state index contributed by atoms with van der Waals surface area (Å²) in [6.45, 7) is 2.07. The lowest BCUT2D eigenvalue weighted by Crippen LogP contribution is -2.50. The minimum atomic E-state index is -0.0894. The second kappa shape index (κ2) is 4.38. The lowest BCUT2D eigenvalue weighted by molar-refractivity contribution is 0.0850. The van der Waals surface area contributed by atoms with Crippen molar-refractivity contribution in [3.8, 4) is 0 Å². The van der Waals surface area contributed by atoms with Crippen molar-refractivity contribution in [2.24, 2.45) is 0 Å². The zero-order chi connectivity index (χ0) is 11.8. The summed E-state index contributed by atoms with van der Waals surface area (Å²) >= 11 is 9.38. The van der Waals surface area contributed by atoms with E-state index in [1.165, 1.54) is 6.42 Å². The molecule has 0 atom stereocenters. The van der Waals surface area contributed by atoms with E-state index in [1.54, 1.807) is 6.07 Å². The SMILES string of the molecule is CC1(NC(=O)c2cccc(Br)c2Cl)CCC1. The molecule has 1 amide bonds. The van der Waals surface area contributed by atoms with Gasteiger partial charge in [0, 0.05) is 10.0 Å². The Morgan fingerprint density at radius 3 is 2.75 bits per heavy atom. The monoisotopic (exact) mass is 301 g/mol. The van der Waals surface area contributed by atoms with Gasteiger partial charge in [-0.3, -0.25) is 4.79 Å². The number of amides is 1. The van der Waals surface area contributed by atoms with E-state index in [4.69, 9.17) is 11.6 Å². The van der Waals surface area contributed by atoms with Crippen molar-refractivity contribution in [3.05, 3.63) is 33.3 Å². The highest BCUT2D eigenvalue weighted by molar-refractivity contribution is 9.10. The third-order valence-corrected chi connectivity index (χ3v) is 4.36. The molecule has 86 valence electrons. The fraction of sp³-hybridized carbons (Fsp3) is 0.417. The van der Waals surface area contributed by atoms with Crippen LogP contribution in [0.1, 0.15) is 36.5 Å². The Bertz CT molecular complexity index is 429. The van der Waals surface area contributed by atoms with Gasteiger partial charge in [-0.2, -0.15) is 0 Å². The van der Waals surface area contributed by atoms with Crippen LogP contribution in [-0.4, -0.2) is 11.4 Å². The number of rotatable bonds is 2. The van der Waals surface area contributed by atoms with E-state index < -0.39 is 0 Å². The smallest absolute Gasteiger partial charge is 0.253 e. The van der Waals surface area contributed by atoms with E-state index in [-0.39, 0.29) is 11.4 Å². The zero-order valence-corrected chi connectivity index (χ0v) is 11.4. The van der Waals surface area contributed by atoms with E-state index in [2.05, 4.69) is 28.2 Å². The number of benzene rings is 1. The molecule has 2 rings (SSSR count). The van der Waals surface area contributed by atoms with Crippen LogP contribution in [0.2, 0.25) is 5.02 Å². The van der Waals surface area contributed by atoms with E-state index in [0.717, 1.165) is 17.3 Å². The minimum Gasteiger partial charge on any atom is -0.347 e. The first-order valence-corrected chi connectivity index (χ1v) is 6.45. The Morgan fingerprint density at radius 1 is 1.50 bits per heavy atom. The molecule has 2 nitrogen and oxygen atoms in total. The summed E-state index contributed by atoms with van der Waals surface area (Å²) in [6.07, 6.45) is 3.28. The largest absolute Gasteiger partial charge is 0.347 e. The van der Waals surface area contributed by atoms with Crippen molar-refractivity contribution in [2.45, 2.75) is 31.7 Å². The van der Waals surface area contributed by atoms with Gasteiger partial charge in [0.05, 0.1) is 10.6 Å². The molecule has 1 N–H and O–H groups in total. The number of halogens is 2. The predicted molar refractivity (Wildman–Crippen MR) is 68.9 cm³/mol. The minimum absolute atomic E-state index is 0.0390. The Morgan fingerprint density at radius 2 is 2.19 bits per heavy atom. The van der Waals surface area contributed by atoms with Crippen LogP contribution >= 0.6 is 27.5 Å². The van der Waals surface area contributed by atoms with Gasteiger partial charge in [0.25, 0.3) is 5.91 Å². The molecule has 4 heteroatoms. The molecule has 0 radical (unpaired) electrons. The van der Waals surface area contributed by atoms with Gasteiger partial charge in [-0.05, 0) is 54.2 Å². The van der Waals surface area contributed by atoms with Crippen molar-refractivity contribution >= 4 is 33.4 Å². The van der Waals surface area contributed by atoms with E-state index in [9.17, 15) is 4.79 Å². The third-order valence-electron chi connectivity index (χ3n) is 3.07. The predicted octanol–water partition coefficient (Wildman–Crippen LogP) is 3.77. The van der Waals surface area contributed by atoms with Gasteiger partial charge in [-0.25, -0.2) is 0 Å². The Kier molecular flexibility index (Phi) is 3.27. The fourth-order valence-electron chi connectivity index (χ4n) is 1.85. The number of nitrogens with one attached hydrogen (secondary N) is 1. The highest BCUT2D eigenvalue weighted by Crippen LogP contribution is 2.32. The molecule has 16 heavy (non-hydrogen) atoms. The molecule has 0 aliphatic heterocycles. The molecule has 0 heterocycles. The normalized spacial score (nSPS) is 17.7. The van der Waals surface area contributed by atoms with Crippen LogP contribution < -0.4 is 5.32 Å². The van der Waals surface area contributed by atoms with Gasteiger partial charge < -0.3 is 5.32 Å². The molecule has 0 aromatic heterocycles. The van der Waals surface area contributed by atoms with Crippen LogP contribution in [0.3, 0.4) is 0 Å². The standard InChI is InChI=1S/C12H13BrClNO/c1-12(6-3-7-12)15-11(16)8-4-2-5-9(13)10(8)14/h2,4-5H,3,6-7H2,1H3,(H,15,16). The summed E-state index contributed by atoms with van der Waals surface area (Å²) in [7, 11) is 0. The molecule has 1 saturated carbocycles. The number of carbonyl (C=O) groups excluding carboxylic acids is 1. The van der Waals surface area contributed by atoms with Crippen molar-refractivity contribution in [1.29, 1.82) is 0 Å². The first-order chi connectivity index (χ1) is 7.52. The summed E-state index contributed by atoms with van der Waals surface area (Å²) in [6, 6.07) is 5.38. The molecular weight excluding hydrogens is 289 g/mol. The second-order valence-electron chi connectivity index (χ2n) is 4.47. The lowest BCUT2D eigenvalue weighted by atomic mass is 9.78. The van der Waals surface area contributed by atoms with E-state index in [1.807, 2.05) is 12.1 Å². The highest BCUT2D eigenvalue weighted by Gasteiger charge is 2.33. The topological polar surface area (TPSA) is 29.1 Å². The zero-order valence-electron chi connectivity index (χ0n) is 9.02. The maximum absolute atomic E-state index is 12.0. The average molecular weight is 303 g/mol. The van der Waals surface area contributed by atoms with Crippen LogP contribution in [-0.2, 0) is 0 Å². The number of carbonyl (C=O) groups is 1. The van der Waals surface area contributed by atoms with Crippen LogP contribution in [0.25, 0.3) is 0 Å². The van der Waals surface area contributed by atoms with Crippen LogP contribution in [0.15, 0.2) is 22.7 Å². The molecule has 1 aromatic carbocycles. The highest BCUT2D eigenvalue weighted by atomic mass is 79.9. The van der Waals surface area contributed by atoms with Gasteiger partial charge in [-0.1, -0.05) is 17.7 Å². The van der Waals surface area contributed by atoms with E-state index in [0.29, 0.717) is 10.6 Å². The van der Waals surface area contributed by atoms with Gasteiger partial charge in [0.15, 0.2) is 0 Å². The van der Waals surface area contributed by atoms with Gasteiger partial charge in [-0.15, -0.1) is 0 Å². The Balaban J connectivity index is 2.17. The third kappa shape index (κ3) is 2.25. The van der Waals surface area contributed by atoms with Crippen LogP contribution in [0, 0.1) is 0 Å². The van der Waals surface area contributed by atoms with E-state index >= 15 is 0 Å². The molecule has 0 spiro atoms. The number of hydrogen-bond donors (Lipinski definition) is 1. The Labute approximate surface area is 108 Å². The molecule has 1 aromatic rings. The Hall–Kier alpha value is -0.540. The van der Waals surface area contributed by atoms with Crippen LogP contribution in [0.5, 0.6) is 0 Å². The summed E-state index contributed by atoms with van der Waals surface area (Å²) in [5.41, 5.74) is 0.493. The summed E-state index contributed by atoms with van der Waals surface area (Å²) in [5, 5.41) is 3.51. The summed E-state index contributed by atoms with van der Waals surface area (Å²) in [4.78, 5) is 12.0. The molecule has 1 aliphatic carbocycles. The van der Waals surface area contributed by atoms with Crippen molar-refractivity contribution in [1.82, 2.24) is 5.32 Å². The fourth-order valence-corrected chi connectivity index (χ4v) is 2.43. The van der Waals surface area contributed by atoms with Gasteiger partial charge >= 0.3 is 0 Å². The summed E-state index contributed by atoms with van der Waals surface area (Å²) < 4.78 is 0.751. The molecule has 0 unspecified atom stereocenters. The molecule has 0 bridgehead atoms. The molecule has 1 fully saturated rings. The maximum atomic E-state index is 12.0. The van der Waals surface area contributed by atoms with Crippen molar-refractivity contribution < 1.29 is 4.79 Å². The van der Waals surface area contributed by atoms with Gasteiger partial charge in [0.2, 0.25) is 0 Å². The van der Waals surface area contributed by atoms with Crippen molar-refractivity contribution in [2.75, 3.05) is 0 Å². The second-order valence-corrected chi connectivity index (χ2v) is 5.70. The first kappa shape index (κ1) is 11.9. The molecule has 1 aliphatic rings. The van der Waals surface area contributed by atoms with Crippen molar-refractivity contribution in [3.63, 3.8) is 0 Å². The quantitative estimate of drug-likeness (QED) is 0.885. The maximum Gasteiger partial charge on any atom is 0.253 e.